The second-order valence-corrected chi connectivity index (χ2v) is 4.38. The fourth-order valence-corrected chi connectivity index (χ4v) is 1.75. The van der Waals surface area contributed by atoms with Crippen LogP contribution < -0.4 is 10.5 Å². The number of aliphatic hydroxyl groups excluding tert-OH is 1. The van der Waals surface area contributed by atoms with Gasteiger partial charge in [0.25, 0.3) is 0 Å². The lowest BCUT2D eigenvalue weighted by molar-refractivity contribution is 0.0526. The molecular weight excluding hydrogens is 270 g/mol. The molecule has 0 aliphatic heterocycles. The number of anilines is 1. The average molecular weight is 287 g/mol. The van der Waals surface area contributed by atoms with Gasteiger partial charge in [-0.15, -0.1) is 0 Å². The van der Waals surface area contributed by atoms with E-state index in [0.29, 0.717) is 29.4 Å². The highest BCUT2D eigenvalue weighted by atomic mass is 16.5. The van der Waals surface area contributed by atoms with Crippen LogP contribution in [0.25, 0.3) is 0 Å². The molecule has 2 rings (SSSR count). The molecule has 0 aliphatic carbocycles. The number of ether oxygens (including phenoxy) is 2. The predicted molar refractivity (Wildman–Crippen MR) is 79.2 cm³/mol. The van der Waals surface area contributed by atoms with Crippen molar-refractivity contribution in [3.05, 3.63) is 53.6 Å². The van der Waals surface area contributed by atoms with E-state index in [0.717, 1.165) is 5.56 Å². The van der Waals surface area contributed by atoms with Crippen molar-refractivity contribution in [1.29, 1.82) is 0 Å². The van der Waals surface area contributed by atoms with Crippen molar-refractivity contribution in [3.8, 4) is 11.5 Å². The maximum atomic E-state index is 11.7. The summed E-state index contributed by atoms with van der Waals surface area (Å²) in [6.07, 6.45) is 0. The summed E-state index contributed by atoms with van der Waals surface area (Å²) in [4.78, 5) is 11.7. The molecule has 0 aromatic heterocycles. The van der Waals surface area contributed by atoms with Gasteiger partial charge in [-0.1, -0.05) is 12.1 Å². The molecule has 0 radical (unpaired) electrons. The summed E-state index contributed by atoms with van der Waals surface area (Å²) >= 11 is 0. The van der Waals surface area contributed by atoms with Crippen molar-refractivity contribution in [1.82, 2.24) is 0 Å². The number of nitrogen functional groups attached to an aromatic ring is 1. The minimum atomic E-state index is -0.419. The highest BCUT2D eigenvalue weighted by Gasteiger charge is 2.10. The van der Waals surface area contributed by atoms with Crippen LogP contribution in [0.1, 0.15) is 22.8 Å². The molecule has 2 aromatic carbocycles. The Hall–Kier alpha value is -2.53. The number of carbonyl (C=O) groups is 1. The van der Waals surface area contributed by atoms with Gasteiger partial charge in [-0.2, -0.15) is 0 Å². The maximum absolute atomic E-state index is 11.7. The summed E-state index contributed by atoms with van der Waals surface area (Å²) in [5, 5.41) is 9.00. The smallest absolute Gasteiger partial charge is 0.338 e. The predicted octanol–water partition coefficient (Wildman–Crippen LogP) is 2.73. The van der Waals surface area contributed by atoms with Gasteiger partial charge in [0, 0.05) is 0 Å². The summed E-state index contributed by atoms with van der Waals surface area (Å²) < 4.78 is 10.6. The van der Waals surface area contributed by atoms with Crippen molar-refractivity contribution >= 4 is 11.7 Å². The lowest BCUT2D eigenvalue weighted by Crippen LogP contribution is -2.05. The van der Waals surface area contributed by atoms with Crippen LogP contribution in [0.2, 0.25) is 0 Å². The standard InChI is InChI=1S/C16H17NO4/c1-2-20-16(19)12-5-8-14(17)15(9-12)21-13-6-3-11(10-18)4-7-13/h3-9,18H,2,10,17H2,1H3. The lowest BCUT2D eigenvalue weighted by Gasteiger charge is -2.10. The van der Waals surface area contributed by atoms with Gasteiger partial charge < -0.3 is 20.3 Å². The summed E-state index contributed by atoms with van der Waals surface area (Å²) in [6, 6.07) is 11.7. The number of benzene rings is 2. The maximum Gasteiger partial charge on any atom is 0.338 e. The van der Waals surface area contributed by atoms with Crippen LogP contribution in [0.4, 0.5) is 5.69 Å². The number of carbonyl (C=O) groups excluding carboxylic acids is 1. The SMILES string of the molecule is CCOC(=O)c1ccc(N)c(Oc2ccc(CO)cc2)c1. The summed E-state index contributed by atoms with van der Waals surface area (Å²) in [6.45, 7) is 2.03. The minimum Gasteiger partial charge on any atom is -0.462 e. The van der Waals surface area contributed by atoms with Crippen LogP contribution in [0.3, 0.4) is 0 Å². The van der Waals surface area contributed by atoms with Gasteiger partial charge in [0.05, 0.1) is 24.5 Å². The number of hydrogen-bond donors (Lipinski definition) is 2. The van der Waals surface area contributed by atoms with Crippen molar-refractivity contribution in [2.24, 2.45) is 0 Å². The molecule has 21 heavy (non-hydrogen) atoms. The largest absolute Gasteiger partial charge is 0.462 e. The van der Waals surface area contributed by atoms with Crippen LogP contribution in [0, 0.1) is 0 Å². The molecule has 0 bridgehead atoms. The van der Waals surface area contributed by atoms with E-state index >= 15 is 0 Å². The molecule has 0 heterocycles. The van der Waals surface area contributed by atoms with E-state index in [-0.39, 0.29) is 6.61 Å². The zero-order valence-electron chi connectivity index (χ0n) is 11.7. The number of nitrogens with two attached hydrogens (primary N) is 1. The van der Waals surface area contributed by atoms with Crippen LogP contribution in [0.15, 0.2) is 42.5 Å². The number of esters is 1. The van der Waals surface area contributed by atoms with Crippen molar-refractivity contribution in [2.75, 3.05) is 12.3 Å². The Balaban J connectivity index is 2.21. The number of hydrogen-bond acceptors (Lipinski definition) is 5. The second kappa shape index (κ2) is 6.76. The third-order valence-electron chi connectivity index (χ3n) is 2.86. The van der Waals surface area contributed by atoms with E-state index in [1.165, 1.54) is 0 Å². The van der Waals surface area contributed by atoms with Crippen LogP contribution in [-0.4, -0.2) is 17.7 Å². The molecule has 0 saturated carbocycles. The Morgan fingerprint density at radius 1 is 1.19 bits per heavy atom. The average Bonchev–Trinajstić information content (AvgIpc) is 2.50. The van der Waals surface area contributed by atoms with Gasteiger partial charge in [-0.05, 0) is 42.8 Å². The number of aliphatic hydroxyl groups is 1. The lowest BCUT2D eigenvalue weighted by atomic mass is 10.2. The topological polar surface area (TPSA) is 81.8 Å². The molecule has 0 saturated heterocycles. The van der Waals surface area contributed by atoms with Crippen LogP contribution >= 0.6 is 0 Å². The van der Waals surface area contributed by atoms with Gasteiger partial charge in [0.2, 0.25) is 0 Å². The molecule has 0 amide bonds. The molecule has 5 nitrogen and oxygen atoms in total. The third kappa shape index (κ3) is 3.73. The Morgan fingerprint density at radius 3 is 2.52 bits per heavy atom. The number of rotatable bonds is 5. The molecular formula is C16H17NO4. The Labute approximate surface area is 122 Å². The first-order valence-electron chi connectivity index (χ1n) is 6.58. The molecule has 0 fully saturated rings. The normalized spacial score (nSPS) is 10.2. The van der Waals surface area contributed by atoms with Crippen LogP contribution in [-0.2, 0) is 11.3 Å². The summed E-state index contributed by atoms with van der Waals surface area (Å²) in [7, 11) is 0. The van der Waals surface area contributed by atoms with Gasteiger partial charge >= 0.3 is 5.97 Å². The quantitative estimate of drug-likeness (QED) is 0.652. The molecule has 110 valence electrons. The van der Waals surface area contributed by atoms with Crippen molar-refractivity contribution in [2.45, 2.75) is 13.5 Å². The second-order valence-electron chi connectivity index (χ2n) is 4.38. The van der Waals surface area contributed by atoms with Crippen molar-refractivity contribution < 1.29 is 19.4 Å². The van der Waals surface area contributed by atoms with E-state index in [9.17, 15) is 4.79 Å². The molecule has 0 spiro atoms. The van der Waals surface area contributed by atoms with E-state index in [4.69, 9.17) is 20.3 Å². The summed E-state index contributed by atoms with van der Waals surface area (Å²) in [5.74, 6) is 0.537. The first-order valence-corrected chi connectivity index (χ1v) is 6.58. The van der Waals surface area contributed by atoms with Crippen LogP contribution in [0.5, 0.6) is 11.5 Å². The highest BCUT2D eigenvalue weighted by molar-refractivity contribution is 5.90. The van der Waals surface area contributed by atoms with Gasteiger partial charge in [0.15, 0.2) is 5.75 Å². The fourth-order valence-electron chi connectivity index (χ4n) is 1.75. The molecule has 3 N–H and O–H groups in total. The summed E-state index contributed by atoms with van der Waals surface area (Å²) in [5.41, 5.74) is 7.45. The Bertz CT molecular complexity index is 623. The Kier molecular flexibility index (Phi) is 4.79. The van der Waals surface area contributed by atoms with Crippen molar-refractivity contribution in [3.63, 3.8) is 0 Å². The monoisotopic (exact) mass is 287 g/mol. The fraction of sp³-hybridized carbons (Fsp3) is 0.188. The zero-order chi connectivity index (χ0) is 15.2. The highest BCUT2D eigenvalue weighted by Crippen LogP contribution is 2.29. The minimum absolute atomic E-state index is 0.0270. The Morgan fingerprint density at radius 2 is 1.90 bits per heavy atom. The first kappa shape index (κ1) is 14.9. The van der Waals surface area contributed by atoms with Gasteiger partial charge in [-0.25, -0.2) is 4.79 Å². The van der Waals surface area contributed by atoms with E-state index in [2.05, 4.69) is 0 Å². The van der Waals surface area contributed by atoms with E-state index < -0.39 is 5.97 Å². The molecule has 0 atom stereocenters. The van der Waals surface area contributed by atoms with Gasteiger partial charge in [-0.3, -0.25) is 0 Å². The van der Waals surface area contributed by atoms with E-state index in [1.807, 2.05) is 0 Å². The zero-order valence-corrected chi connectivity index (χ0v) is 11.7. The molecule has 0 aliphatic rings. The molecule has 2 aromatic rings. The molecule has 5 heteroatoms. The van der Waals surface area contributed by atoms with E-state index in [1.54, 1.807) is 49.4 Å². The van der Waals surface area contributed by atoms with Gasteiger partial charge in [0.1, 0.15) is 5.75 Å². The first-order chi connectivity index (χ1) is 10.1. The third-order valence-corrected chi connectivity index (χ3v) is 2.86. The molecule has 0 unspecified atom stereocenters.